The van der Waals surface area contributed by atoms with Gasteiger partial charge in [0.1, 0.15) is 11.5 Å². The van der Waals surface area contributed by atoms with Crippen molar-refractivity contribution in [2.24, 2.45) is 0 Å². The van der Waals surface area contributed by atoms with Crippen LogP contribution >= 0.6 is 58.5 Å². The molecule has 0 saturated carbocycles. The molecule has 2 aromatic carbocycles. The van der Waals surface area contributed by atoms with Crippen molar-refractivity contribution >= 4 is 58.5 Å². The van der Waals surface area contributed by atoms with Crippen LogP contribution in [0.4, 0.5) is 0 Å². The molecule has 0 aliphatic rings. The minimum atomic E-state index is 0.473. The number of ether oxygens (including phenoxy) is 2. The SMILES string of the molecule is COc1ccc(OCCSc2nn(-c3ccc(Cl)c(Cl)c3)c(=S)s2)cc1. The lowest BCUT2D eigenvalue weighted by molar-refractivity contribution is 0.342. The Morgan fingerprint density at radius 3 is 2.54 bits per heavy atom. The van der Waals surface area contributed by atoms with E-state index in [0.717, 1.165) is 27.3 Å². The summed E-state index contributed by atoms with van der Waals surface area (Å²) in [5.41, 5.74) is 0.794. The molecule has 0 unspecified atom stereocenters. The molecule has 0 radical (unpaired) electrons. The average molecular weight is 445 g/mol. The molecule has 0 aliphatic carbocycles. The van der Waals surface area contributed by atoms with Crippen LogP contribution in [0.15, 0.2) is 46.8 Å². The van der Waals surface area contributed by atoms with E-state index in [4.69, 9.17) is 44.9 Å². The smallest absolute Gasteiger partial charge is 0.184 e. The summed E-state index contributed by atoms with van der Waals surface area (Å²) in [5.74, 6) is 2.37. The Kier molecular flexibility index (Phi) is 6.83. The van der Waals surface area contributed by atoms with Crippen molar-refractivity contribution in [1.82, 2.24) is 9.78 Å². The zero-order valence-electron chi connectivity index (χ0n) is 13.6. The molecule has 9 heteroatoms. The van der Waals surface area contributed by atoms with Gasteiger partial charge >= 0.3 is 0 Å². The molecule has 0 N–H and O–H groups in total. The summed E-state index contributed by atoms with van der Waals surface area (Å²) >= 11 is 20.5. The molecule has 1 heterocycles. The summed E-state index contributed by atoms with van der Waals surface area (Å²) in [6.07, 6.45) is 0. The molecule has 1 aromatic heterocycles. The van der Waals surface area contributed by atoms with E-state index in [1.54, 1.807) is 35.7 Å². The maximum atomic E-state index is 6.07. The number of thioether (sulfide) groups is 1. The van der Waals surface area contributed by atoms with Gasteiger partial charge in [0.25, 0.3) is 0 Å². The number of rotatable bonds is 7. The molecule has 26 heavy (non-hydrogen) atoms. The fourth-order valence-electron chi connectivity index (χ4n) is 2.06. The largest absolute Gasteiger partial charge is 0.497 e. The van der Waals surface area contributed by atoms with E-state index in [-0.39, 0.29) is 0 Å². The second-order valence-corrected chi connectivity index (χ2v) is 8.80. The van der Waals surface area contributed by atoms with E-state index in [1.165, 1.54) is 11.3 Å². The van der Waals surface area contributed by atoms with Gasteiger partial charge in [0.15, 0.2) is 8.29 Å². The Bertz CT molecular complexity index is 942. The monoisotopic (exact) mass is 444 g/mol. The van der Waals surface area contributed by atoms with Crippen molar-refractivity contribution in [3.05, 3.63) is 56.5 Å². The normalized spacial score (nSPS) is 10.7. The van der Waals surface area contributed by atoms with Gasteiger partial charge < -0.3 is 9.47 Å². The molecule has 3 rings (SSSR count). The molecule has 0 amide bonds. The summed E-state index contributed by atoms with van der Waals surface area (Å²) in [4.78, 5) is 0. The molecular formula is C17H14Cl2N2O2S3. The van der Waals surface area contributed by atoms with Crippen LogP contribution in [0.1, 0.15) is 0 Å². The maximum absolute atomic E-state index is 6.07. The van der Waals surface area contributed by atoms with Crippen LogP contribution in [0.5, 0.6) is 11.5 Å². The third-order valence-corrected chi connectivity index (χ3v) is 6.38. The third kappa shape index (κ3) is 4.92. The van der Waals surface area contributed by atoms with E-state index in [1.807, 2.05) is 30.3 Å². The van der Waals surface area contributed by atoms with Gasteiger partial charge in [0.05, 0.1) is 29.4 Å². The van der Waals surface area contributed by atoms with E-state index in [9.17, 15) is 0 Å². The van der Waals surface area contributed by atoms with E-state index in [2.05, 4.69) is 5.10 Å². The summed E-state index contributed by atoms with van der Waals surface area (Å²) in [5, 5.41) is 5.51. The Morgan fingerprint density at radius 1 is 1.12 bits per heavy atom. The Balaban J connectivity index is 1.57. The highest BCUT2D eigenvalue weighted by Gasteiger charge is 2.08. The van der Waals surface area contributed by atoms with Gasteiger partial charge in [-0.2, -0.15) is 0 Å². The zero-order valence-corrected chi connectivity index (χ0v) is 17.6. The summed E-state index contributed by atoms with van der Waals surface area (Å²) in [6, 6.07) is 12.8. The lowest BCUT2D eigenvalue weighted by atomic mass is 10.3. The van der Waals surface area contributed by atoms with Crippen LogP contribution in [-0.4, -0.2) is 29.3 Å². The second kappa shape index (κ2) is 9.10. The van der Waals surface area contributed by atoms with Gasteiger partial charge in [-0.3, -0.25) is 0 Å². The number of aromatic nitrogens is 2. The summed E-state index contributed by atoms with van der Waals surface area (Å²) in [6.45, 7) is 0.566. The number of benzene rings is 2. The fourth-order valence-corrected chi connectivity index (χ4v) is 4.60. The fraction of sp³-hybridized carbons (Fsp3) is 0.176. The van der Waals surface area contributed by atoms with Crippen molar-refractivity contribution in [3.63, 3.8) is 0 Å². The van der Waals surface area contributed by atoms with Gasteiger partial charge in [-0.25, -0.2) is 4.68 Å². The first-order valence-corrected chi connectivity index (χ1v) is 10.5. The Morgan fingerprint density at radius 2 is 1.85 bits per heavy atom. The molecule has 0 aliphatic heterocycles. The van der Waals surface area contributed by atoms with Crippen LogP contribution in [0.3, 0.4) is 0 Å². The average Bonchev–Trinajstić information content (AvgIpc) is 3.02. The number of nitrogens with zero attached hydrogens (tertiary/aromatic N) is 2. The summed E-state index contributed by atoms with van der Waals surface area (Å²) in [7, 11) is 1.64. The molecule has 0 fully saturated rings. The first-order valence-electron chi connectivity index (χ1n) is 7.52. The van der Waals surface area contributed by atoms with Crippen molar-refractivity contribution in [3.8, 4) is 17.2 Å². The molecule has 0 saturated heterocycles. The number of hydrogen-bond donors (Lipinski definition) is 0. The number of hydrogen-bond acceptors (Lipinski definition) is 6. The molecule has 0 bridgehead atoms. The number of halogens is 2. The van der Waals surface area contributed by atoms with Gasteiger partial charge in [-0.05, 0) is 54.7 Å². The molecule has 136 valence electrons. The Hall–Kier alpha value is -1.25. The molecule has 0 spiro atoms. The second-order valence-electron chi connectivity index (χ2n) is 5.02. The highest BCUT2D eigenvalue weighted by molar-refractivity contribution is 8.01. The molecule has 3 aromatic rings. The van der Waals surface area contributed by atoms with Crippen molar-refractivity contribution in [2.45, 2.75) is 4.34 Å². The molecular weight excluding hydrogens is 431 g/mol. The molecule has 0 atom stereocenters. The predicted octanol–water partition coefficient (Wildman–Crippen LogP) is 6.15. The van der Waals surface area contributed by atoms with Gasteiger partial charge in [-0.1, -0.05) is 46.3 Å². The van der Waals surface area contributed by atoms with Gasteiger partial charge in [0, 0.05) is 5.75 Å². The van der Waals surface area contributed by atoms with Gasteiger partial charge in [0.2, 0.25) is 0 Å². The maximum Gasteiger partial charge on any atom is 0.184 e. The van der Waals surface area contributed by atoms with E-state index in [0.29, 0.717) is 20.6 Å². The van der Waals surface area contributed by atoms with Crippen molar-refractivity contribution in [2.75, 3.05) is 19.5 Å². The van der Waals surface area contributed by atoms with Crippen molar-refractivity contribution in [1.29, 1.82) is 0 Å². The standard InChI is InChI=1S/C17H14Cl2N2O2S3/c1-22-12-3-5-13(6-4-12)23-8-9-25-16-20-21(17(24)26-16)11-2-7-14(18)15(19)10-11/h2-7,10H,8-9H2,1H3. The quantitative estimate of drug-likeness (QED) is 0.248. The lowest BCUT2D eigenvalue weighted by Gasteiger charge is -2.06. The van der Waals surface area contributed by atoms with E-state index >= 15 is 0 Å². The minimum Gasteiger partial charge on any atom is -0.497 e. The predicted molar refractivity (Wildman–Crippen MR) is 112 cm³/mol. The highest BCUT2D eigenvalue weighted by atomic mass is 35.5. The Labute approximate surface area is 174 Å². The first kappa shape index (κ1) is 19.5. The van der Waals surface area contributed by atoms with Gasteiger partial charge in [-0.15, -0.1) is 5.10 Å². The third-order valence-electron chi connectivity index (χ3n) is 3.31. The first-order chi connectivity index (χ1) is 12.6. The van der Waals surface area contributed by atoms with Crippen LogP contribution in [0.25, 0.3) is 5.69 Å². The topological polar surface area (TPSA) is 36.3 Å². The van der Waals surface area contributed by atoms with Crippen LogP contribution in [0, 0.1) is 3.95 Å². The number of methoxy groups -OCH3 is 1. The van der Waals surface area contributed by atoms with Crippen molar-refractivity contribution < 1.29 is 9.47 Å². The summed E-state index contributed by atoms with van der Waals surface area (Å²) < 4.78 is 14.1. The zero-order chi connectivity index (χ0) is 18.5. The van der Waals surface area contributed by atoms with Crippen LogP contribution < -0.4 is 9.47 Å². The minimum absolute atomic E-state index is 0.473. The van der Waals surface area contributed by atoms with E-state index < -0.39 is 0 Å². The van der Waals surface area contributed by atoms with Crippen LogP contribution in [0.2, 0.25) is 10.0 Å². The highest BCUT2D eigenvalue weighted by Crippen LogP contribution is 2.28. The molecule has 4 nitrogen and oxygen atoms in total. The lowest BCUT2D eigenvalue weighted by Crippen LogP contribution is -2.00. The van der Waals surface area contributed by atoms with Crippen LogP contribution in [-0.2, 0) is 0 Å².